The molecule has 0 bridgehead atoms. The topological polar surface area (TPSA) is 55.1 Å². The first-order valence-electron chi connectivity index (χ1n) is 6.27. The van der Waals surface area contributed by atoms with Gasteiger partial charge in [-0.3, -0.25) is 4.40 Å². The van der Waals surface area contributed by atoms with Gasteiger partial charge in [-0.1, -0.05) is 13.3 Å². The normalized spacial score (nSPS) is 25.2. The maximum Gasteiger partial charge on any atom is 0.254 e. The highest BCUT2D eigenvalue weighted by molar-refractivity contribution is 5.27. The minimum Gasteiger partial charge on any atom is -0.307 e. The Morgan fingerprint density at radius 2 is 2.41 bits per heavy atom. The van der Waals surface area contributed by atoms with Crippen LogP contribution in [-0.2, 0) is 0 Å². The van der Waals surface area contributed by atoms with Gasteiger partial charge in [-0.25, -0.2) is 4.98 Å². The fraction of sp³-hybridized carbons (Fsp3) is 0.583. The van der Waals surface area contributed by atoms with Crippen LogP contribution in [0.1, 0.15) is 38.1 Å². The van der Waals surface area contributed by atoms with Gasteiger partial charge in [0, 0.05) is 12.4 Å². The van der Waals surface area contributed by atoms with Crippen LogP contribution in [0.15, 0.2) is 18.5 Å². The van der Waals surface area contributed by atoms with E-state index in [1.54, 1.807) is 6.20 Å². The fourth-order valence-electron chi connectivity index (χ4n) is 2.56. The van der Waals surface area contributed by atoms with Gasteiger partial charge in [0.15, 0.2) is 5.82 Å². The zero-order chi connectivity index (χ0) is 11.7. The van der Waals surface area contributed by atoms with Gasteiger partial charge in [-0.15, -0.1) is 10.2 Å². The molecule has 3 heterocycles. The van der Waals surface area contributed by atoms with Crippen LogP contribution in [0.5, 0.6) is 0 Å². The summed E-state index contributed by atoms with van der Waals surface area (Å²) in [4.78, 5) is 4.20. The van der Waals surface area contributed by atoms with Gasteiger partial charge in [0.05, 0.1) is 6.04 Å². The molecular weight excluding hydrogens is 214 g/mol. The molecule has 5 nitrogen and oxygen atoms in total. The Morgan fingerprint density at radius 1 is 1.47 bits per heavy atom. The largest absolute Gasteiger partial charge is 0.307 e. The van der Waals surface area contributed by atoms with E-state index in [0.717, 1.165) is 24.7 Å². The Hall–Kier alpha value is -1.49. The van der Waals surface area contributed by atoms with Crippen LogP contribution >= 0.6 is 0 Å². The van der Waals surface area contributed by atoms with E-state index in [2.05, 4.69) is 27.4 Å². The average Bonchev–Trinajstić information content (AvgIpc) is 2.82. The Bertz CT molecular complexity index is 506. The lowest BCUT2D eigenvalue weighted by molar-refractivity contribution is 0.290. The number of rotatable bonds is 2. The van der Waals surface area contributed by atoms with E-state index in [-0.39, 0.29) is 0 Å². The van der Waals surface area contributed by atoms with Gasteiger partial charge in [-0.05, 0) is 31.4 Å². The highest BCUT2D eigenvalue weighted by Crippen LogP contribution is 2.27. The number of hydrogen-bond acceptors (Lipinski definition) is 4. The minimum absolute atomic E-state index is 0.313. The van der Waals surface area contributed by atoms with E-state index in [9.17, 15) is 0 Å². The van der Waals surface area contributed by atoms with Gasteiger partial charge in [0.1, 0.15) is 0 Å². The first-order chi connectivity index (χ1) is 8.38. The van der Waals surface area contributed by atoms with E-state index in [1.807, 2.05) is 16.7 Å². The molecule has 2 atom stereocenters. The average molecular weight is 231 g/mol. The minimum atomic E-state index is 0.313. The second-order valence-electron chi connectivity index (χ2n) is 4.65. The third kappa shape index (κ3) is 1.91. The van der Waals surface area contributed by atoms with E-state index in [4.69, 9.17) is 0 Å². The van der Waals surface area contributed by atoms with Crippen LogP contribution in [0.2, 0.25) is 0 Å². The summed E-state index contributed by atoms with van der Waals surface area (Å²) in [6, 6.07) is 2.23. The lowest BCUT2D eigenvalue weighted by atomic mass is 9.90. The molecule has 2 unspecified atom stereocenters. The van der Waals surface area contributed by atoms with Gasteiger partial charge >= 0.3 is 0 Å². The SMILES string of the molecule is CCC1CCNC(c2nnc3ncccn23)C1. The van der Waals surface area contributed by atoms with Crippen molar-refractivity contribution in [2.45, 2.75) is 32.2 Å². The van der Waals surface area contributed by atoms with Crippen molar-refractivity contribution in [2.75, 3.05) is 6.54 Å². The second-order valence-corrected chi connectivity index (χ2v) is 4.65. The van der Waals surface area contributed by atoms with Gasteiger partial charge in [0.25, 0.3) is 5.78 Å². The molecule has 17 heavy (non-hydrogen) atoms. The Balaban J connectivity index is 1.92. The monoisotopic (exact) mass is 231 g/mol. The van der Waals surface area contributed by atoms with Crippen molar-refractivity contribution in [3.8, 4) is 0 Å². The number of hydrogen-bond donors (Lipinski definition) is 1. The van der Waals surface area contributed by atoms with Crippen molar-refractivity contribution < 1.29 is 0 Å². The van der Waals surface area contributed by atoms with Gasteiger partial charge in [-0.2, -0.15) is 0 Å². The lowest BCUT2D eigenvalue weighted by Gasteiger charge is -2.28. The molecule has 1 aliphatic rings. The summed E-state index contributed by atoms with van der Waals surface area (Å²) < 4.78 is 1.98. The Kier molecular flexibility index (Phi) is 2.76. The summed E-state index contributed by atoms with van der Waals surface area (Å²) in [6.45, 7) is 3.33. The molecule has 3 rings (SSSR count). The molecule has 0 saturated carbocycles. The molecule has 2 aromatic rings. The number of aromatic nitrogens is 4. The number of nitrogens with one attached hydrogen (secondary N) is 1. The van der Waals surface area contributed by atoms with Gasteiger partial charge in [0.2, 0.25) is 0 Å². The van der Waals surface area contributed by atoms with E-state index in [1.165, 1.54) is 12.8 Å². The van der Waals surface area contributed by atoms with Crippen molar-refractivity contribution in [3.63, 3.8) is 0 Å². The first-order valence-corrected chi connectivity index (χ1v) is 6.27. The van der Waals surface area contributed by atoms with Crippen molar-refractivity contribution in [2.24, 2.45) is 5.92 Å². The summed E-state index contributed by atoms with van der Waals surface area (Å²) >= 11 is 0. The molecule has 0 spiro atoms. The predicted molar refractivity (Wildman–Crippen MR) is 64.5 cm³/mol. The molecule has 90 valence electrons. The molecule has 5 heteroatoms. The van der Waals surface area contributed by atoms with E-state index in [0.29, 0.717) is 11.8 Å². The maximum atomic E-state index is 4.28. The van der Waals surface area contributed by atoms with E-state index >= 15 is 0 Å². The number of piperidine rings is 1. The zero-order valence-electron chi connectivity index (χ0n) is 10.0. The highest BCUT2D eigenvalue weighted by atomic mass is 15.3. The maximum absolute atomic E-state index is 4.28. The van der Waals surface area contributed by atoms with Crippen LogP contribution in [-0.4, -0.2) is 26.1 Å². The van der Waals surface area contributed by atoms with Crippen molar-refractivity contribution in [1.29, 1.82) is 0 Å². The van der Waals surface area contributed by atoms with Crippen LogP contribution in [0.3, 0.4) is 0 Å². The molecule has 0 aliphatic carbocycles. The molecule has 0 amide bonds. The number of fused-ring (bicyclic) bond motifs is 1. The molecule has 1 fully saturated rings. The molecule has 0 radical (unpaired) electrons. The third-order valence-corrected chi connectivity index (χ3v) is 3.62. The van der Waals surface area contributed by atoms with Crippen LogP contribution < -0.4 is 5.32 Å². The summed E-state index contributed by atoms with van der Waals surface area (Å²) in [5.74, 6) is 2.47. The highest BCUT2D eigenvalue weighted by Gasteiger charge is 2.25. The van der Waals surface area contributed by atoms with Crippen molar-refractivity contribution in [1.82, 2.24) is 24.9 Å². The van der Waals surface area contributed by atoms with Crippen LogP contribution in [0, 0.1) is 5.92 Å². The molecular formula is C12H17N5. The smallest absolute Gasteiger partial charge is 0.254 e. The van der Waals surface area contributed by atoms with Crippen molar-refractivity contribution >= 4 is 5.78 Å². The molecule has 1 aliphatic heterocycles. The number of nitrogens with zero attached hydrogens (tertiary/aromatic N) is 4. The van der Waals surface area contributed by atoms with Crippen molar-refractivity contribution in [3.05, 3.63) is 24.3 Å². The first kappa shape index (κ1) is 10.7. The predicted octanol–water partition coefficient (Wildman–Crippen LogP) is 1.58. The Morgan fingerprint density at radius 3 is 3.29 bits per heavy atom. The summed E-state index contributed by atoms with van der Waals surface area (Å²) in [6.07, 6.45) is 7.38. The quantitative estimate of drug-likeness (QED) is 0.852. The summed E-state index contributed by atoms with van der Waals surface area (Å²) in [7, 11) is 0. The van der Waals surface area contributed by atoms with Crippen LogP contribution in [0.4, 0.5) is 0 Å². The molecule has 0 aromatic carbocycles. The Labute approximate surface area is 100 Å². The third-order valence-electron chi connectivity index (χ3n) is 3.62. The molecule has 2 aromatic heterocycles. The molecule has 1 N–H and O–H groups in total. The molecule has 1 saturated heterocycles. The standard InChI is InChI=1S/C12H17N5/c1-2-9-4-6-13-10(8-9)11-15-16-12-14-5-3-7-17(11)12/h3,5,7,9-10,13H,2,4,6,8H2,1H3. The fourth-order valence-corrected chi connectivity index (χ4v) is 2.56. The summed E-state index contributed by atoms with van der Waals surface area (Å²) in [5.41, 5.74) is 0. The van der Waals surface area contributed by atoms with Gasteiger partial charge < -0.3 is 5.32 Å². The second kappa shape index (κ2) is 4.41. The zero-order valence-corrected chi connectivity index (χ0v) is 10.0. The lowest BCUT2D eigenvalue weighted by Crippen LogP contribution is -2.32. The summed E-state index contributed by atoms with van der Waals surface area (Å²) in [5, 5.41) is 11.9. The van der Waals surface area contributed by atoms with E-state index < -0.39 is 0 Å². The van der Waals surface area contributed by atoms with Crippen LogP contribution in [0.25, 0.3) is 5.78 Å².